The summed E-state index contributed by atoms with van der Waals surface area (Å²) < 4.78 is 51.0. The molecule has 0 radical (unpaired) electrons. The number of carboxylic acid groups (broad SMARTS) is 1. The monoisotopic (exact) mass is 645 g/mol. The summed E-state index contributed by atoms with van der Waals surface area (Å²) in [4.78, 5) is 9.92. The summed E-state index contributed by atoms with van der Waals surface area (Å²) in [5.74, 6) is -1.21. The van der Waals surface area contributed by atoms with Crippen LogP contribution >= 0.6 is 27.5 Å². The third-order valence-electron chi connectivity index (χ3n) is 6.78. The third-order valence-corrected chi connectivity index (χ3v) is 8.15. The van der Waals surface area contributed by atoms with Crippen LogP contribution in [-0.4, -0.2) is 41.8 Å². The van der Waals surface area contributed by atoms with Gasteiger partial charge in [0.15, 0.2) is 0 Å². The Hall–Kier alpha value is -3.33. The zero-order valence-corrected chi connectivity index (χ0v) is 24.2. The van der Waals surface area contributed by atoms with Gasteiger partial charge in [0.2, 0.25) is 5.00 Å². The number of hydrogen-bond acceptors (Lipinski definition) is 3. The van der Waals surface area contributed by atoms with Crippen molar-refractivity contribution in [2.24, 2.45) is 0 Å². The number of carbonyl (C=O) groups is 1. The Labute approximate surface area is 250 Å². The van der Waals surface area contributed by atoms with Crippen molar-refractivity contribution in [3.8, 4) is 5.75 Å². The number of carboxylic acids is 1. The minimum Gasteiger partial charge on any atom is -0.494 e. The van der Waals surface area contributed by atoms with E-state index in [1.54, 1.807) is 30.3 Å². The lowest BCUT2D eigenvalue weighted by Gasteiger charge is -2.42. The predicted octanol–water partition coefficient (Wildman–Crippen LogP) is 8.70. The number of nitrogens with zero attached hydrogens (tertiary/aromatic N) is 1. The van der Waals surface area contributed by atoms with Crippen molar-refractivity contribution < 1.29 is 27.8 Å². The number of ether oxygens (including phenoxy) is 1. The molecule has 1 atom stereocenters. The number of rotatable bonds is 12. The molecule has 0 fully saturated rings. The maximum absolute atomic E-state index is 15.0. The smallest absolute Gasteiger partial charge is 0.425 e. The van der Waals surface area contributed by atoms with Gasteiger partial charge in [-0.15, -0.1) is 0 Å². The lowest BCUT2D eigenvalue weighted by molar-refractivity contribution is -0.206. The number of alkyl halides is 4. The van der Waals surface area contributed by atoms with E-state index in [4.69, 9.17) is 16.3 Å². The van der Waals surface area contributed by atoms with E-state index < -0.39 is 23.1 Å². The molecule has 0 aliphatic carbocycles. The van der Waals surface area contributed by atoms with E-state index in [-0.39, 0.29) is 37.2 Å². The highest BCUT2D eigenvalue weighted by molar-refractivity contribution is 9.10. The SMILES string of the molecule is O=C(O)c1cc(OCCCN(CC(c2ccccc2)c2ccccc2)C(Cl)(c2ccccc2)C(F)(F)F)ccc1Br. The van der Waals surface area contributed by atoms with Crippen LogP contribution in [0.4, 0.5) is 13.2 Å². The van der Waals surface area contributed by atoms with Gasteiger partial charge < -0.3 is 9.84 Å². The van der Waals surface area contributed by atoms with Gasteiger partial charge in [-0.25, -0.2) is 4.79 Å². The first kappa shape index (κ1) is 30.6. The Morgan fingerprint density at radius 2 is 1.41 bits per heavy atom. The second kappa shape index (κ2) is 13.6. The molecule has 0 spiro atoms. The number of halogens is 5. The number of aromatic carboxylic acids is 1. The Morgan fingerprint density at radius 1 is 0.878 bits per heavy atom. The molecule has 0 aliphatic heterocycles. The van der Waals surface area contributed by atoms with Crippen molar-refractivity contribution in [3.63, 3.8) is 0 Å². The average Bonchev–Trinajstić information content (AvgIpc) is 2.97. The van der Waals surface area contributed by atoms with E-state index in [0.29, 0.717) is 10.2 Å². The summed E-state index contributed by atoms with van der Waals surface area (Å²) in [6.45, 7) is -0.0120. The molecular weight excluding hydrogens is 619 g/mol. The van der Waals surface area contributed by atoms with Gasteiger partial charge >= 0.3 is 12.1 Å². The summed E-state index contributed by atoms with van der Waals surface area (Å²) in [5, 5.41) is 9.37. The fraction of sp³-hybridized carbons (Fsp3) is 0.219. The highest BCUT2D eigenvalue weighted by Gasteiger charge is 2.59. The van der Waals surface area contributed by atoms with E-state index >= 15 is 0 Å². The molecule has 4 aromatic carbocycles. The zero-order chi connectivity index (χ0) is 29.5. The molecule has 0 bridgehead atoms. The molecule has 4 aromatic rings. The molecule has 1 N–H and O–H groups in total. The summed E-state index contributed by atoms with van der Waals surface area (Å²) in [7, 11) is 0. The highest BCUT2D eigenvalue weighted by Crippen LogP contribution is 2.48. The standard InChI is InChI=1S/C32H28BrClF3NO3/c33-29-18-17-26(21-27(29)30(39)40)41-20-10-19-38(31(34,32(35,36)37)25-15-8-3-9-16-25)22-28(23-11-4-1-5-12-23)24-13-6-2-7-14-24/h1-9,11-18,21,28H,10,19-20,22H2,(H,39,40). The van der Waals surface area contributed by atoms with Crippen molar-refractivity contribution in [3.05, 3.63) is 136 Å². The molecule has 214 valence electrons. The van der Waals surface area contributed by atoms with E-state index in [2.05, 4.69) is 15.9 Å². The molecule has 9 heteroatoms. The van der Waals surface area contributed by atoms with Gasteiger partial charge in [-0.3, -0.25) is 4.90 Å². The van der Waals surface area contributed by atoms with Crippen LogP contribution in [0.5, 0.6) is 5.75 Å². The largest absolute Gasteiger partial charge is 0.494 e. The van der Waals surface area contributed by atoms with Crippen LogP contribution in [0.25, 0.3) is 0 Å². The van der Waals surface area contributed by atoms with Crippen LogP contribution in [-0.2, 0) is 5.00 Å². The van der Waals surface area contributed by atoms with Crippen LogP contribution in [0.3, 0.4) is 0 Å². The average molecular weight is 647 g/mol. The topological polar surface area (TPSA) is 49.8 Å². The Morgan fingerprint density at radius 3 is 1.93 bits per heavy atom. The van der Waals surface area contributed by atoms with Crippen molar-refractivity contribution >= 4 is 33.5 Å². The van der Waals surface area contributed by atoms with Crippen LogP contribution < -0.4 is 4.74 Å². The van der Waals surface area contributed by atoms with Crippen LogP contribution in [0, 0.1) is 0 Å². The van der Waals surface area contributed by atoms with Gasteiger partial charge in [0.25, 0.3) is 0 Å². The molecule has 1 unspecified atom stereocenters. The van der Waals surface area contributed by atoms with Gasteiger partial charge in [-0.05, 0) is 57.2 Å². The summed E-state index contributed by atoms with van der Waals surface area (Å²) in [5.41, 5.74) is 1.68. The number of benzene rings is 4. The van der Waals surface area contributed by atoms with Crippen LogP contribution in [0.1, 0.15) is 39.4 Å². The van der Waals surface area contributed by atoms with Crippen molar-refractivity contribution in [2.75, 3.05) is 19.7 Å². The molecule has 4 rings (SSSR count). The fourth-order valence-corrected chi connectivity index (χ4v) is 5.45. The third kappa shape index (κ3) is 7.31. The lowest BCUT2D eigenvalue weighted by Crippen LogP contribution is -2.54. The first-order chi connectivity index (χ1) is 19.6. The summed E-state index contributed by atoms with van der Waals surface area (Å²) in [6.07, 6.45) is -4.61. The first-order valence-corrected chi connectivity index (χ1v) is 14.1. The lowest BCUT2D eigenvalue weighted by atomic mass is 9.89. The van der Waals surface area contributed by atoms with E-state index in [9.17, 15) is 23.1 Å². The van der Waals surface area contributed by atoms with Crippen molar-refractivity contribution in [1.82, 2.24) is 4.90 Å². The van der Waals surface area contributed by atoms with E-state index in [1.807, 2.05) is 60.7 Å². The molecule has 0 aliphatic rings. The zero-order valence-electron chi connectivity index (χ0n) is 21.9. The summed E-state index contributed by atoms with van der Waals surface area (Å²) >= 11 is 9.88. The highest BCUT2D eigenvalue weighted by atomic mass is 79.9. The molecule has 0 saturated heterocycles. The fourth-order valence-electron chi connectivity index (χ4n) is 4.75. The predicted molar refractivity (Wildman–Crippen MR) is 158 cm³/mol. The van der Waals surface area contributed by atoms with Gasteiger partial charge in [0.05, 0.1) is 12.2 Å². The Balaban J connectivity index is 1.66. The second-order valence-electron chi connectivity index (χ2n) is 9.45. The number of hydrogen-bond donors (Lipinski definition) is 1. The molecule has 0 saturated carbocycles. The Bertz CT molecular complexity index is 1390. The molecular formula is C32H28BrClF3NO3. The quantitative estimate of drug-likeness (QED) is 0.0951. The minimum atomic E-state index is -4.81. The van der Waals surface area contributed by atoms with Gasteiger partial charge in [-0.1, -0.05) is 103 Å². The summed E-state index contributed by atoms with van der Waals surface area (Å²) in [6, 6.07) is 30.8. The Kier molecular flexibility index (Phi) is 10.1. The van der Waals surface area contributed by atoms with Gasteiger partial charge in [-0.2, -0.15) is 13.2 Å². The van der Waals surface area contributed by atoms with Gasteiger partial charge in [0.1, 0.15) is 5.75 Å². The van der Waals surface area contributed by atoms with E-state index in [0.717, 1.165) is 11.1 Å². The molecule has 0 heterocycles. The minimum absolute atomic E-state index is 0.0205. The maximum Gasteiger partial charge on any atom is 0.425 e. The van der Waals surface area contributed by atoms with Crippen molar-refractivity contribution in [1.29, 1.82) is 0 Å². The normalized spacial score (nSPS) is 13.2. The molecule has 0 amide bonds. The maximum atomic E-state index is 15.0. The first-order valence-electron chi connectivity index (χ1n) is 12.9. The molecule has 4 nitrogen and oxygen atoms in total. The van der Waals surface area contributed by atoms with Crippen molar-refractivity contribution in [2.45, 2.75) is 23.5 Å². The van der Waals surface area contributed by atoms with Gasteiger partial charge in [0, 0.05) is 23.5 Å². The van der Waals surface area contributed by atoms with E-state index in [1.165, 1.54) is 23.1 Å². The molecule has 0 aromatic heterocycles. The second-order valence-corrected chi connectivity index (χ2v) is 10.9. The molecule has 41 heavy (non-hydrogen) atoms. The van der Waals surface area contributed by atoms with Crippen LogP contribution in [0.15, 0.2) is 114 Å². The van der Waals surface area contributed by atoms with Crippen LogP contribution in [0.2, 0.25) is 0 Å².